The molecule has 4 aromatic rings. The molecule has 3 aromatic carbocycles. The fourth-order valence-corrected chi connectivity index (χ4v) is 7.63. The number of carbonyl (C=O) groups excluding carboxylic acids is 3. The minimum Gasteiger partial charge on any atom is -0.349 e. The largest absolute Gasteiger partial charge is 0.349 e. The number of halogens is 1. The average molecular weight is 724 g/mol. The summed E-state index contributed by atoms with van der Waals surface area (Å²) in [6, 6.07) is 17.7. The van der Waals surface area contributed by atoms with Gasteiger partial charge >= 0.3 is 0 Å². The minimum absolute atomic E-state index is 0.0484. The second-order valence-corrected chi connectivity index (χ2v) is 14.8. The van der Waals surface area contributed by atoms with Crippen molar-refractivity contribution in [3.63, 3.8) is 0 Å². The lowest BCUT2D eigenvalue weighted by molar-refractivity contribution is -0.130. The fourth-order valence-electron chi connectivity index (χ4n) is 7.63. The van der Waals surface area contributed by atoms with E-state index in [-0.39, 0.29) is 47.3 Å². The van der Waals surface area contributed by atoms with E-state index in [0.717, 1.165) is 73.6 Å². The van der Waals surface area contributed by atoms with Gasteiger partial charge in [-0.05, 0) is 143 Å². The molecule has 0 bridgehead atoms. The van der Waals surface area contributed by atoms with E-state index in [1.165, 1.54) is 12.1 Å². The minimum atomic E-state index is -0.905. The molecule has 13 heteroatoms. The lowest BCUT2D eigenvalue weighted by Gasteiger charge is -2.33. The summed E-state index contributed by atoms with van der Waals surface area (Å²) in [5.74, 6) is -0.984. The first-order chi connectivity index (χ1) is 25.6. The van der Waals surface area contributed by atoms with E-state index in [4.69, 9.17) is 5.73 Å². The Bertz CT molecular complexity index is 1870. The lowest BCUT2D eigenvalue weighted by Crippen LogP contribution is -2.48. The topological polar surface area (TPSA) is 171 Å². The highest BCUT2D eigenvalue weighted by Crippen LogP contribution is 2.30. The Morgan fingerprint density at radius 1 is 0.925 bits per heavy atom. The van der Waals surface area contributed by atoms with Crippen molar-refractivity contribution in [3.05, 3.63) is 83.2 Å². The number of H-pyrrole nitrogens is 1. The first-order valence-corrected chi connectivity index (χ1v) is 18.6. The van der Waals surface area contributed by atoms with Crippen LogP contribution in [0.4, 0.5) is 10.1 Å². The molecule has 0 aliphatic heterocycles. The molecule has 0 spiro atoms. The van der Waals surface area contributed by atoms with Crippen LogP contribution < -0.4 is 21.7 Å². The smallest absolute Gasteiger partial charge is 0.251 e. The molecule has 2 aliphatic carbocycles. The van der Waals surface area contributed by atoms with Gasteiger partial charge in [0.1, 0.15) is 11.9 Å². The van der Waals surface area contributed by atoms with Crippen LogP contribution in [-0.4, -0.2) is 82.0 Å². The molecule has 1 heterocycles. The zero-order valence-electron chi connectivity index (χ0n) is 30.7. The summed E-state index contributed by atoms with van der Waals surface area (Å²) >= 11 is 0. The van der Waals surface area contributed by atoms with E-state index in [2.05, 4.69) is 55.6 Å². The first kappa shape index (κ1) is 37.7. The van der Waals surface area contributed by atoms with Crippen LogP contribution in [0.2, 0.25) is 0 Å². The Balaban J connectivity index is 1.13. The predicted octanol–water partition coefficient (Wildman–Crippen LogP) is 5.01. The Labute approximate surface area is 309 Å². The van der Waals surface area contributed by atoms with Crippen LogP contribution in [-0.2, 0) is 16.0 Å². The highest BCUT2D eigenvalue weighted by Gasteiger charge is 2.30. The van der Waals surface area contributed by atoms with Gasteiger partial charge in [-0.2, -0.15) is 5.21 Å². The Hall–Kier alpha value is -5.01. The van der Waals surface area contributed by atoms with E-state index in [9.17, 15) is 18.8 Å². The number of amides is 3. The molecule has 0 saturated heterocycles. The van der Waals surface area contributed by atoms with E-state index in [1.54, 1.807) is 6.07 Å². The predicted molar refractivity (Wildman–Crippen MR) is 202 cm³/mol. The van der Waals surface area contributed by atoms with Gasteiger partial charge in [0, 0.05) is 35.7 Å². The van der Waals surface area contributed by atoms with E-state index < -0.39 is 17.8 Å². The number of hydrogen-bond donors (Lipinski definition) is 5. The number of nitrogens with zero attached hydrogens (tertiary/aromatic N) is 4. The van der Waals surface area contributed by atoms with Crippen LogP contribution in [0.3, 0.4) is 0 Å². The third kappa shape index (κ3) is 9.51. The Morgan fingerprint density at radius 2 is 1.64 bits per heavy atom. The van der Waals surface area contributed by atoms with Crippen LogP contribution in [0.1, 0.15) is 72.9 Å². The van der Waals surface area contributed by atoms with Crippen molar-refractivity contribution in [2.24, 2.45) is 17.6 Å². The van der Waals surface area contributed by atoms with E-state index in [0.29, 0.717) is 24.1 Å². The second kappa shape index (κ2) is 17.2. The Kier molecular flexibility index (Phi) is 12.3. The Morgan fingerprint density at radius 3 is 2.26 bits per heavy atom. The maximum atomic E-state index is 14.9. The average Bonchev–Trinajstić information content (AvgIpc) is 3.70. The number of nitrogens with one attached hydrogen (secondary N) is 4. The normalized spacial score (nSPS) is 20.8. The van der Waals surface area contributed by atoms with Crippen LogP contribution in [0, 0.1) is 24.6 Å². The molecule has 0 radical (unpaired) electrons. The maximum absolute atomic E-state index is 14.9. The van der Waals surface area contributed by atoms with Gasteiger partial charge in [-0.1, -0.05) is 30.3 Å². The van der Waals surface area contributed by atoms with Crippen LogP contribution in [0.5, 0.6) is 0 Å². The molecule has 1 unspecified atom stereocenters. The second-order valence-electron chi connectivity index (χ2n) is 14.8. The molecular formula is C40H50FN9O3. The lowest BCUT2D eigenvalue weighted by atomic mass is 9.81. The van der Waals surface area contributed by atoms with Crippen LogP contribution in [0.15, 0.2) is 60.7 Å². The van der Waals surface area contributed by atoms with Crippen molar-refractivity contribution in [2.75, 3.05) is 26.0 Å². The van der Waals surface area contributed by atoms with Gasteiger partial charge in [0.05, 0.1) is 5.56 Å². The van der Waals surface area contributed by atoms with Crippen LogP contribution >= 0.6 is 0 Å². The molecule has 1 aromatic heterocycles. The molecule has 12 nitrogen and oxygen atoms in total. The number of aromatic nitrogens is 4. The number of aryl methyl sites for hydroxylation is 1. The molecule has 6 N–H and O–H groups in total. The highest BCUT2D eigenvalue weighted by atomic mass is 19.1. The number of nitrogens with two attached hydrogens (primary N) is 1. The third-order valence-electron chi connectivity index (χ3n) is 11.0. The SMILES string of the molecule is Cc1cc(C(=O)NC2CCC(N(C)C)CC2)ccc1-c1ccc(CC(NC(=O)C2CCC(CN)CC2)C(=O)Nc2ccc(-c3nn[nH]n3)c(F)c2)cc1. The van der Waals surface area contributed by atoms with Crippen molar-refractivity contribution in [2.45, 2.75) is 82.8 Å². The molecule has 53 heavy (non-hydrogen) atoms. The first-order valence-electron chi connectivity index (χ1n) is 18.6. The van der Waals surface area contributed by atoms with Gasteiger partial charge in [-0.3, -0.25) is 14.4 Å². The van der Waals surface area contributed by atoms with Gasteiger partial charge in [0.2, 0.25) is 17.6 Å². The van der Waals surface area contributed by atoms with Gasteiger partial charge in [0.15, 0.2) is 0 Å². The number of hydrogen-bond acceptors (Lipinski definition) is 8. The van der Waals surface area contributed by atoms with E-state index in [1.807, 2.05) is 49.4 Å². The van der Waals surface area contributed by atoms with Gasteiger partial charge < -0.3 is 26.6 Å². The molecule has 3 amide bonds. The zero-order valence-corrected chi connectivity index (χ0v) is 30.7. The highest BCUT2D eigenvalue weighted by molar-refractivity contribution is 5.98. The summed E-state index contributed by atoms with van der Waals surface area (Å²) in [5, 5.41) is 22.4. The van der Waals surface area contributed by atoms with Crippen LogP contribution in [0.25, 0.3) is 22.5 Å². The number of carbonyl (C=O) groups is 3. The van der Waals surface area contributed by atoms with E-state index >= 15 is 0 Å². The number of benzene rings is 3. The third-order valence-corrected chi connectivity index (χ3v) is 11.0. The molecule has 6 rings (SSSR count). The number of tetrazole rings is 1. The maximum Gasteiger partial charge on any atom is 0.251 e. The number of rotatable bonds is 12. The van der Waals surface area contributed by atoms with Gasteiger partial charge in [-0.25, -0.2) is 4.39 Å². The van der Waals surface area contributed by atoms with Gasteiger partial charge in [-0.15, -0.1) is 10.2 Å². The molecule has 2 fully saturated rings. The molecule has 2 saturated carbocycles. The molecular weight excluding hydrogens is 673 g/mol. The summed E-state index contributed by atoms with van der Waals surface area (Å²) in [6.45, 7) is 2.60. The monoisotopic (exact) mass is 723 g/mol. The molecule has 1 atom stereocenters. The number of aromatic amines is 1. The van der Waals surface area contributed by atoms with Crippen molar-refractivity contribution in [1.82, 2.24) is 36.2 Å². The number of anilines is 1. The van der Waals surface area contributed by atoms with Crippen molar-refractivity contribution in [3.8, 4) is 22.5 Å². The fraction of sp³-hybridized carbons (Fsp3) is 0.450. The molecule has 2 aliphatic rings. The summed E-state index contributed by atoms with van der Waals surface area (Å²) in [5.41, 5.74) is 10.7. The zero-order chi connectivity index (χ0) is 37.5. The standard InChI is InChI=1S/C40H50FN9O3/c1-24-20-29(39(52)43-30-13-16-32(17-14-30)50(2)3)12-18-33(24)27-8-4-25(5-9-27)21-36(45-38(51)28-10-6-26(23-42)7-11-28)40(53)44-31-15-19-34(35(41)22-31)37-46-48-49-47-37/h4-5,8-9,12,15,18-20,22,26,28,30,32,36H,6-7,10-11,13-14,16-17,21,23,42H2,1-3H3,(H,43,52)(H,44,53)(H,45,51)(H,46,47,48,49). The van der Waals surface area contributed by atoms with Gasteiger partial charge in [0.25, 0.3) is 5.91 Å². The summed E-state index contributed by atoms with van der Waals surface area (Å²) in [6.07, 6.45) is 7.54. The quantitative estimate of drug-likeness (QED) is 0.136. The van der Waals surface area contributed by atoms with Crippen molar-refractivity contribution < 1.29 is 18.8 Å². The van der Waals surface area contributed by atoms with Crippen molar-refractivity contribution >= 4 is 23.4 Å². The summed E-state index contributed by atoms with van der Waals surface area (Å²) in [7, 11) is 4.22. The molecule has 280 valence electrons. The van der Waals surface area contributed by atoms with Crippen molar-refractivity contribution in [1.29, 1.82) is 0 Å². The summed E-state index contributed by atoms with van der Waals surface area (Å²) < 4.78 is 14.9. The summed E-state index contributed by atoms with van der Waals surface area (Å²) in [4.78, 5) is 42.5.